The second-order valence-corrected chi connectivity index (χ2v) is 6.44. The molecule has 0 bridgehead atoms. The van der Waals surface area contributed by atoms with Crippen LogP contribution in [-0.2, 0) is 14.6 Å². The molecule has 6 heteroatoms. The Morgan fingerprint density at radius 1 is 1.50 bits per heavy atom. The number of aliphatic carboxylic acids is 1. The molecule has 5 nitrogen and oxygen atoms in total. The summed E-state index contributed by atoms with van der Waals surface area (Å²) in [6.45, 7) is 0.898. The average Bonchev–Trinajstić information content (AvgIpc) is 2.61. The van der Waals surface area contributed by atoms with Crippen LogP contribution in [-0.4, -0.2) is 43.1 Å². The fraction of sp³-hybridized carbons (Fsp3) is 0.875. The van der Waals surface area contributed by atoms with Crippen LogP contribution in [0.15, 0.2) is 0 Å². The summed E-state index contributed by atoms with van der Waals surface area (Å²) in [5.41, 5.74) is 0. The minimum absolute atomic E-state index is 0.0195. The normalized spacial score (nSPS) is 40.4. The Kier molecular flexibility index (Phi) is 2.08. The predicted molar refractivity (Wildman–Crippen MR) is 49.7 cm³/mol. The fourth-order valence-corrected chi connectivity index (χ4v) is 4.90. The van der Waals surface area contributed by atoms with Crippen LogP contribution in [0.2, 0.25) is 0 Å². The quantitative estimate of drug-likeness (QED) is 0.605. The van der Waals surface area contributed by atoms with Crippen molar-refractivity contribution in [3.05, 3.63) is 0 Å². The molecule has 2 aliphatic heterocycles. The number of hydrogen-bond acceptors (Lipinski definition) is 4. The lowest BCUT2D eigenvalue weighted by Crippen LogP contribution is -2.45. The largest absolute Gasteiger partial charge is 0.481 e. The highest BCUT2D eigenvalue weighted by atomic mass is 32.2. The predicted octanol–water partition coefficient (Wildman–Crippen LogP) is -0.762. The van der Waals surface area contributed by atoms with Gasteiger partial charge in [-0.25, -0.2) is 8.42 Å². The lowest BCUT2D eigenvalue weighted by molar-refractivity contribution is -0.142. The van der Waals surface area contributed by atoms with E-state index in [1.807, 2.05) is 0 Å². The van der Waals surface area contributed by atoms with E-state index in [-0.39, 0.29) is 12.2 Å². The van der Waals surface area contributed by atoms with E-state index in [2.05, 4.69) is 5.32 Å². The Hall–Kier alpha value is -0.620. The van der Waals surface area contributed by atoms with Crippen molar-refractivity contribution in [2.24, 2.45) is 5.92 Å². The van der Waals surface area contributed by atoms with Gasteiger partial charge in [0.25, 0.3) is 0 Å². The third-order valence-corrected chi connectivity index (χ3v) is 6.02. The smallest absolute Gasteiger partial charge is 0.308 e. The second-order valence-electron chi connectivity index (χ2n) is 3.99. The molecule has 0 saturated carbocycles. The maximum Gasteiger partial charge on any atom is 0.308 e. The van der Waals surface area contributed by atoms with Crippen molar-refractivity contribution in [1.29, 1.82) is 0 Å². The topological polar surface area (TPSA) is 83.5 Å². The van der Waals surface area contributed by atoms with Crippen LogP contribution in [0.4, 0.5) is 0 Å². The monoisotopic (exact) mass is 219 g/mol. The minimum atomic E-state index is -3.22. The van der Waals surface area contributed by atoms with Crippen molar-refractivity contribution in [3.8, 4) is 0 Å². The third-order valence-electron chi connectivity index (χ3n) is 3.38. The van der Waals surface area contributed by atoms with E-state index < -0.39 is 26.5 Å². The number of carboxylic acid groups (broad SMARTS) is 1. The number of rotatable bonds is 1. The highest BCUT2D eigenvalue weighted by Gasteiger charge is 2.58. The van der Waals surface area contributed by atoms with Gasteiger partial charge in [-0.1, -0.05) is 0 Å². The first-order chi connectivity index (χ1) is 6.50. The average molecular weight is 219 g/mol. The Balaban J connectivity index is 2.44. The highest BCUT2D eigenvalue weighted by Crippen LogP contribution is 2.42. The van der Waals surface area contributed by atoms with Gasteiger partial charge >= 0.3 is 5.97 Å². The number of carbonyl (C=O) groups is 1. The molecule has 2 atom stereocenters. The standard InChI is InChI=1S/C8H13NO4S/c10-7(11)6-1-4-14(12,13)8(6)2-3-9-5-8/h6,9H,1-5H2,(H,10,11)/t6-,8-/m0/s1. The Labute approximate surface area is 82.4 Å². The zero-order valence-electron chi connectivity index (χ0n) is 7.69. The molecule has 0 aromatic heterocycles. The lowest BCUT2D eigenvalue weighted by atomic mass is 9.89. The van der Waals surface area contributed by atoms with Gasteiger partial charge < -0.3 is 10.4 Å². The summed E-state index contributed by atoms with van der Waals surface area (Å²) >= 11 is 0. The zero-order chi connectivity index (χ0) is 10.4. The van der Waals surface area contributed by atoms with E-state index in [1.54, 1.807) is 0 Å². The molecular formula is C8H13NO4S. The summed E-state index contributed by atoms with van der Waals surface area (Å²) in [5.74, 6) is -1.68. The molecule has 2 aliphatic rings. The van der Waals surface area contributed by atoms with Crippen LogP contribution in [0, 0.1) is 5.92 Å². The number of sulfone groups is 1. The zero-order valence-corrected chi connectivity index (χ0v) is 8.51. The van der Waals surface area contributed by atoms with Gasteiger partial charge in [0, 0.05) is 6.54 Å². The molecule has 14 heavy (non-hydrogen) atoms. The molecule has 0 aromatic rings. The lowest BCUT2D eigenvalue weighted by Gasteiger charge is -2.25. The molecule has 2 heterocycles. The number of carboxylic acids is 1. The first-order valence-corrected chi connectivity index (χ1v) is 6.31. The van der Waals surface area contributed by atoms with Crippen molar-refractivity contribution in [2.45, 2.75) is 17.6 Å². The van der Waals surface area contributed by atoms with Crippen molar-refractivity contribution in [1.82, 2.24) is 5.32 Å². The van der Waals surface area contributed by atoms with E-state index >= 15 is 0 Å². The fourth-order valence-electron chi connectivity index (χ4n) is 2.56. The van der Waals surface area contributed by atoms with Crippen molar-refractivity contribution in [2.75, 3.05) is 18.8 Å². The highest BCUT2D eigenvalue weighted by molar-refractivity contribution is 7.93. The van der Waals surface area contributed by atoms with Crippen molar-refractivity contribution < 1.29 is 18.3 Å². The van der Waals surface area contributed by atoms with E-state index in [0.29, 0.717) is 19.5 Å². The van der Waals surface area contributed by atoms with E-state index in [4.69, 9.17) is 5.11 Å². The van der Waals surface area contributed by atoms with Crippen LogP contribution in [0.3, 0.4) is 0 Å². The molecule has 0 aliphatic carbocycles. The third kappa shape index (κ3) is 1.10. The van der Waals surface area contributed by atoms with Gasteiger partial charge in [0.2, 0.25) is 0 Å². The van der Waals surface area contributed by atoms with Crippen LogP contribution in [0.5, 0.6) is 0 Å². The van der Waals surface area contributed by atoms with E-state index in [1.165, 1.54) is 0 Å². The maximum absolute atomic E-state index is 11.8. The van der Waals surface area contributed by atoms with Crippen molar-refractivity contribution in [3.63, 3.8) is 0 Å². The Morgan fingerprint density at radius 3 is 2.71 bits per heavy atom. The van der Waals surface area contributed by atoms with Crippen LogP contribution in [0.25, 0.3) is 0 Å². The summed E-state index contributed by atoms with van der Waals surface area (Å²) in [4.78, 5) is 11.0. The summed E-state index contributed by atoms with van der Waals surface area (Å²) in [6.07, 6.45) is 0.700. The Bertz CT molecular complexity index is 356. The summed E-state index contributed by atoms with van der Waals surface area (Å²) in [6, 6.07) is 0. The van der Waals surface area contributed by atoms with Gasteiger partial charge in [-0.15, -0.1) is 0 Å². The van der Waals surface area contributed by atoms with Gasteiger partial charge in [0.1, 0.15) is 0 Å². The van der Waals surface area contributed by atoms with E-state index in [0.717, 1.165) is 0 Å². The molecule has 0 unspecified atom stereocenters. The van der Waals surface area contributed by atoms with Gasteiger partial charge in [-0.3, -0.25) is 4.79 Å². The van der Waals surface area contributed by atoms with E-state index in [9.17, 15) is 13.2 Å². The maximum atomic E-state index is 11.8. The molecule has 2 fully saturated rings. The molecule has 0 amide bonds. The summed E-state index contributed by atoms with van der Waals surface area (Å²) in [7, 11) is -3.22. The van der Waals surface area contributed by atoms with Crippen molar-refractivity contribution >= 4 is 15.8 Å². The van der Waals surface area contributed by atoms with Gasteiger partial charge in [-0.2, -0.15) is 0 Å². The van der Waals surface area contributed by atoms with Crippen LogP contribution in [0.1, 0.15) is 12.8 Å². The first kappa shape index (κ1) is 9.92. The number of nitrogens with one attached hydrogen (secondary N) is 1. The molecular weight excluding hydrogens is 206 g/mol. The summed E-state index contributed by atoms with van der Waals surface area (Å²) < 4.78 is 22.6. The molecule has 2 rings (SSSR count). The Morgan fingerprint density at radius 2 is 2.21 bits per heavy atom. The van der Waals surface area contributed by atoms with Crippen LogP contribution >= 0.6 is 0 Å². The second kappa shape index (κ2) is 2.93. The first-order valence-electron chi connectivity index (χ1n) is 4.65. The molecule has 80 valence electrons. The molecule has 0 radical (unpaired) electrons. The molecule has 1 spiro atoms. The molecule has 2 N–H and O–H groups in total. The minimum Gasteiger partial charge on any atom is -0.481 e. The van der Waals surface area contributed by atoms with Gasteiger partial charge in [0.15, 0.2) is 9.84 Å². The number of hydrogen-bond donors (Lipinski definition) is 2. The van der Waals surface area contributed by atoms with Gasteiger partial charge in [0.05, 0.1) is 16.4 Å². The van der Waals surface area contributed by atoms with Gasteiger partial charge in [-0.05, 0) is 19.4 Å². The van der Waals surface area contributed by atoms with Crippen LogP contribution < -0.4 is 5.32 Å². The molecule has 2 saturated heterocycles. The SMILES string of the molecule is O=C(O)[C@@H]1CCS(=O)(=O)[C@]12CCNC2. The summed E-state index contributed by atoms with van der Waals surface area (Å²) in [5, 5.41) is 11.9. The molecule has 0 aromatic carbocycles.